The van der Waals surface area contributed by atoms with E-state index >= 15 is 0 Å². The zero-order valence-corrected chi connectivity index (χ0v) is 12.6. The van der Waals surface area contributed by atoms with Crippen LogP contribution in [0.5, 0.6) is 0 Å². The van der Waals surface area contributed by atoms with E-state index in [1.807, 2.05) is 41.1 Å². The molecule has 0 aliphatic rings. The molecular formula is C19H20N2O. The molecule has 112 valence electrons. The predicted octanol–water partition coefficient (Wildman–Crippen LogP) is 3.92. The Morgan fingerprint density at radius 3 is 2.32 bits per heavy atom. The van der Waals surface area contributed by atoms with Crippen molar-refractivity contribution in [3.63, 3.8) is 0 Å². The van der Waals surface area contributed by atoms with E-state index in [0.717, 1.165) is 12.1 Å². The van der Waals surface area contributed by atoms with Crippen LogP contribution in [0.1, 0.15) is 18.6 Å². The summed E-state index contributed by atoms with van der Waals surface area (Å²) in [5.41, 5.74) is 3.31. The van der Waals surface area contributed by atoms with Crippen LogP contribution in [0.15, 0.2) is 73.3 Å². The van der Waals surface area contributed by atoms with Gasteiger partial charge in [-0.15, -0.1) is 0 Å². The summed E-state index contributed by atoms with van der Waals surface area (Å²) >= 11 is 0. The Morgan fingerprint density at radius 1 is 1.00 bits per heavy atom. The number of rotatable bonds is 5. The minimum atomic E-state index is -0.479. The van der Waals surface area contributed by atoms with Crippen LogP contribution >= 0.6 is 0 Å². The summed E-state index contributed by atoms with van der Waals surface area (Å²) in [6.45, 7) is 2.80. The third kappa shape index (κ3) is 3.26. The topological polar surface area (TPSA) is 38.0 Å². The zero-order chi connectivity index (χ0) is 15.4. The molecule has 2 aromatic carbocycles. The summed E-state index contributed by atoms with van der Waals surface area (Å²) in [6, 6.07) is 18.4. The number of aromatic nitrogens is 2. The van der Waals surface area contributed by atoms with Gasteiger partial charge in [0.2, 0.25) is 0 Å². The van der Waals surface area contributed by atoms with Crippen LogP contribution in [-0.2, 0) is 6.54 Å². The highest BCUT2D eigenvalue weighted by atomic mass is 16.3. The van der Waals surface area contributed by atoms with Crippen LogP contribution < -0.4 is 0 Å². The Hall–Kier alpha value is -2.39. The van der Waals surface area contributed by atoms with Crippen molar-refractivity contribution in [3.05, 3.63) is 78.9 Å². The number of nitrogens with zero attached hydrogens (tertiary/aromatic N) is 2. The fourth-order valence-corrected chi connectivity index (χ4v) is 2.66. The molecule has 1 aromatic heterocycles. The molecule has 3 heteroatoms. The molecule has 2 atom stereocenters. The average molecular weight is 292 g/mol. The van der Waals surface area contributed by atoms with Crippen LogP contribution in [0, 0.1) is 5.92 Å². The fourth-order valence-electron chi connectivity index (χ4n) is 2.66. The first-order chi connectivity index (χ1) is 10.7. The Bertz CT molecular complexity index is 690. The Labute approximate surface area is 130 Å². The van der Waals surface area contributed by atoms with Gasteiger partial charge in [-0.1, -0.05) is 61.5 Å². The standard InChI is InChI=1S/C19H20N2O/c1-15(13-21-12-11-20-14-21)19(22)18-9-7-17(8-10-18)16-5-3-2-4-6-16/h2-12,14-15,19,22H,13H2,1H3/t15-,19+/m0/s1. The highest BCUT2D eigenvalue weighted by molar-refractivity contribution is 5.63. The summed E-state index contributed by atoms with van der Waals surface area (Å²) in [4.78, 5) is 4.03. The third-order valence-electron chi connectivity index (χ3n) is 3.96. The second-order valence-electron chi connectivity index (χ2n) is 5.67. The van der Waals surface area contributed by atoms with Crippen molar-refractivity contribution in [2.24, 2.45) is 5.92 Å². The molecule has 0 radical (unpaired) electrons. The first-order valence-corrected chi connectivity index (χ1v) is 7.53. The lowest BCUT2D eigenvalue weighted by Crippen LogP contribution is -2.15. The molecule has 3 aromatic rings. The predicted molar refractivity (Wildman–Crippen MR) is 88.2 cm³/mol. The van der Waals surface area contributed by atoms with Gasteiger partial charge in [0.15, 0.2) is 0 Å². The van der Waals surface area contributed by atoms with Gasteiger partial charge in [0, 0.05) is 24.9 Å². The van der Waals surface area contributed by atoms with Gasteiger partial charge in [0.05, 0.1) is 12.4 Å². The number of imidazole rings is 1. The highest BCUT2D eigenvalue weighted by Crippen LogP contribution is 2.26. The summed E-state index contributed by atoms with van der Waals surface area (Å²) in [5.74, 6) is 0.122. The normalized spacial score (nSPS) is 13.7. The quantitative estimate of drug-likeness (QED) is 0.774. The maximum atomic E-state index is 10.5. The lowest BCUT2D eigenvalue weighted by Gasteiger charge is -2.20. The van der Waals surface area contributed by atoms with Gasteiger partial charge in [-0.2, -0.15) is 0 Å². The summed E-state index contributed by atoms with van der Waals surface area (Å²) in [6.07, 6.45) is 4.98. The van der Waals surface area contributed by atoms with Gasteiger partial charge < -0.3 is 9.67 Å². The molecule has 0 bridgehead atoms. The Morgan fingerprint density at radius 2 is 1.68 bits per heavy atom. The van der Waals surface area contributed by atoms with E-state index < -0.39 is 6.10 Å². The van der Waals surface area contributed by atoms with E-state index in [0.29, 0.717) is 0 Å². The first kappa shape index (κ1) is 14.5. The van der Waals surface area contributed by atoms with Crippen LogP contribution in [0.2, 0.25) is 0 Å². The third-order valence-corrected chi connectivity index (χ3v) is 3.96. The van der Waals surface area contributed by atoms with Crippen LogP contribution in [-0.4, -0.2) is 14.7 Å². The number of aliphatic hydroxyl groups is 1. The zero-order valence-electron chi connectivity index (χ0n) is 12.6. The molecule has 3 rings (SSSR count). The molecule has 0 spiro atoms. The van der Waals surface area contributed by atoms with Gasteiger partial charge in [-0.25, -0.2) is 4.98 Å². The lowest BCUT2D eigenvalue weighted by molar-refractivity contribution is 0.108. The molecule has 0 fully saturated rings. The number of hydrogen-bond acceptors (Lipinski definition) is 2. The van der Waals surface area contributed by atoms with Crippen molar-refractivity contribution in [1.29, 1.82) is 0 Å². The number of benzene rings is 2. The van der Waals surface area contributed by atoms with Crippen molar-refractivity contribution in [2.45, 2.75) is 19.6 Å². The van der Waals surface area contributed by atoms with Crippen molar-refractivity contribution in [2.75, 3.05) is 0 Å². The van der Waals surface area contributed by atoms with Gasteiger partial charge in [-0.3, -0.25) is 0 Å². The van der Waals surface area contributed by atoms with Gasteiger partial charge in [0.25, 0.3) is 0 Å². The van der Waals surface area contributed by atoms with Gasteiger partial charge >= 0.3 is 0 Å². The van der Waals surface area contributed by atoms with Crippen LogP contribution in [0.4, 0.5) is 0 Å². The molecule has 0 aliphatic carbocycles. The highest BCUT2D eigenvalue weighted by Gasteiger charge is 2.16. The fraction of sp³-hybridized carbons (Fsp3) is 0.211. The van der Waals surface area contributed by atoms with E-state index in [9.17, 15) is 5.11 Å². The smallest absolute Gasteiger partial charge is 0.0946 e. The SMILES string of the molecule is C[C@@H](Cn1ccnc1)[C@@H](O)c1ccc(-c2ccccc2)cc1. The summed E-state index contributed by atoms with van der Waals surface area (Å²) < 4.78 is 1.99. The van der Waals surface area contributed by atoms with Crippen molar-refractivity contribution >= 4 is 0 Å². The minimum Gasteiger partial charge on any atom is -0.388 e. The number of aliphatic hydroxyl groups excluding tert-OH is 1. The molecule has 1 N–H and O–H groups in total. The molecule has 0 amide bonds. The molecular weight excluding hydrogens is 272 g/mol. The molecule has 22 heavy (non-hydrogen) atoms. The second-order valence-corrected chi connectivity index (χ2v) is 5.67. The van der Waals surface area contributed by atoms with E-state index in [1.54, 1.807) is 12.5 Å². The van der Waals surface area contributed by atoms with Crippen molar-refractivity contribution < 1.29 is 5.11 Å². The molecule has 0 saturated carbocycles. The number of hydrogen-bond donors (Lipinski definition) is 1. The second kappa shape index (κ2) is 6.58. The van der Waals surface area contributed by atoms with E-state index in [1.165, 1.54) is 11.1 Å². The van der Waals surface area contributed by atoms with Gasteiger partial charge in [-0.05, 0) is 16.7 Å². The maximum Gasteiger partial charge on any atom is 0.0946 e. The van der Waals surface area contributed by atoms with Crippen LogP contribution in [0.3, 0.4) is 0 Å². The maximum absolute atomic E-state index is 10.5. The van der Waals surface area contributed by atoms with E-state index in [4.69, 9.17) is 0 Å². The summed E-state index contributed by atoms with van der Waals surface area (Å²) in [7, 11) is 0. The average Bonchev–Trinajstić information content (AvgIpc) is 3.08. The Balaban J connectivity index is 1.72. The first-order valence-electron chi connectivity index (χ1n) is 7.53. The lowest BCUT2D eigenvalue weighted by atomic mass is 9.95. The molecule has 0 saturated heterocycles. The monoisotopic (exact) mass is 292 g/mol. The van der Waals surface area contributed by atoms with Crippen molar-refractivity contribution in [1.82, 2.24) is 9.55 Å². The van der Waals surface area contributed by atoms with Crippen LogP contribution in [0.25, 0.3) is 11.1 Å². The largest absolute Gasteiger partial charge is 0.388 e. The van der Waals surface area contributed by atoms with E-state index in [2.05, 4.69) is 36.2 Å². The Kier molecular flexibility index (Phi) is 4.35. The molecule has 1 heterocycles. The molecule has 3 nitrogen and oxygen atoms in total. The molecule has 0 aliphatic heterocycles. The van der Waals surface area contributed by atoms with E-state index in [-0.39, 0.29) is 5.92 Å². The van der Waals surface area contributed by atoms with Crippen molar-refractivity contribution in [3.8, 4) is 11.1 Å². The molecule has 0 unspecified atom stereocenters. The summed E-state index contributed by atoms with van der Waals surface area (Å²) in [5, 5.41) is 10.5. The minimum absolute atomic E-state index is 0.122. The van der Waals surface area contributed by atoms with Gasteiger partial charge in [0.1, 0.15) is 0 Å².